The molecule has 2 heterocycles. The first-order valence-corrected chi connectivity index (χ1v) is 4.94. The molecule has 1 aromatic rings. The molecule has 1 atom stereocenters. The maximum Gasteiger partial charge on any atom is 0.334 e. The van der Waals surface area contributed by atoms with Crippen molar-refractivity contribution in [1.29, 1.82) is 0 Å². The van der Waals surface area contributed by atoms with Crippen molar-refractivity contribution in [1.82, 2.24) is 4.98 Å². The Balaban J connectivity index is 2.43. The van der Waals surface area contributed by atoms with Crippen LogP contribution in [0.2, 0.25) is 0 Å². The van der Waals surface area contributed by atoms with Crippen LogP contribution >= 0.6 is 0 Å². The van der Waals surface area contributed by atoms with Crippen LogP contribution < -0.4 is 0 Å². The van der Waals surface area contributed by atoms with Gasteiger partial charge in [0.15, 0.2) is 5.89 Å². The Kier molecular flexibility index (Phi) is 1.65. The molecule has 1 aromatic heterocycles. The summed E-state index contributed by atoms with van der Waals surface area (Å²) in [7, 11) is 0. The van der Waals surface area contributed by atoms with Crippen LogP contribution in [-0.2, 0) is 17.6 Å². The highest BCUT2D eigenvalue weighted by molar-refractivity contribution is 7.91. The molecule has 11 heavy (non-hydrogen) atoms. The lowest BCUT2D eigenvalue weighted by Gasteiger charge is -2.11. The van der Waals surface area contributed by atoms with Gasteiger partial charge in [-0.1, -0.05) is 0 Å². The van der Waals surface area contributed by atoms with E-state index in [-0.39, 0.29) is 0 Å². The zero-order valence-corrected chi connectivity index (χ0v) is 7.11. The van der Waals surface area contributed by atoms with Crippen molar-refractivity contribution in [3.63, 3.8) is 0 Å². The SMILES string of the molecule is Cc1nc2c(o1)[S+]([O-])CCC2. The van der Waals surface area contributed by atoms with Gasteiger partial charge in [0.25, 0.3) is 0 Å². The van der Waals surface area contributed by atoms with Crippen molar-refractivity contribution in [2.45, 2.75) is 24.9 Å². The van der Waals surface area contributed by atoms with E-state index in [2.05, 4.69) is 4.98 Å². The average Bonchev–Trinajstić information content (AvgIpc) is 2.31. The molecule has 3 nitrogen and oxygen atoms in total. The quantitative estimate of drug-likeness (QED) is 0.548. The van der Waals surface area contributed by atoms with Gasteiger partial charge in [-0.05, 0) is 6.42 Å². The Morgan fingerprint density at radius 3 is 3.18 bits per heavy atom. The second-order valence-corrected chi connectivity index (χ2v) is 4.09. The van der Waals surface area contributed by atoms with E-state index in [1.54, 1.807) is 6.92 Å². The first-order valence-electron chi connectivity index (χ1n) is 3.62. The average molecular weight is 171 g/mol. The van der Waals surface area contributed by atoms with Gasteiger partial charge in [0.05, 0.1) is 0 Å². The molecule has 0 bridgehead atoms. The van der Waals surface area contributed by atoms with Gasteiger partial charge in [-0.25, -0.2) is 4.98 Å². The molecule has 0 saturated heterocycles. The number of rotatable bonds is 0. The fraction of sp³-hybridized carbons (Fsp3) is 0.571. The number of aryl methyl sites for hydroxylation is 2. The first-order chi connectivity index (χ1) is 5.27. The molecule has 0 saturated carbocycles. The standard InChI is InChI=1S/C7H9NO2S/c1-5-8-6-3-2-4-11(9)7(6)10-5/h2-4H2,1H3. The van der Waals surface area contributed by atoms with E-state index in [4.69, 9.17) is 4.42 Å². The zero-order chi connectivity index (χ0) is 7.84. The highest BCUT2D eigenvalue weighted by Crippen LogP contribution is 2.24. The summed E-state index contributed by atoms with van der Waals surface area (Å²) >= 11 is -0.923. The molecule has 1 aliphatic heterocycles. The maximum atomic E-state index is 11.3. The molecule has 2 rings (SSSR count). The number of hydrogen-bond acceptors (Lipinski definition) is 3. The van der Waals surface area contributed by atoms with Crippen molar-refractivity contribution in [2.24, 2.45) is 0 Å². The summed E-state index contributed by atoms with van der Waals surface area (Å²) in [6, 6.07) is 0. The predicted molar refractivity (Wildman–Crippen MR) is 40.8 cm³/mol. The Labute approximate surface area is 68.0 Å². The fourth-order valence-electron chi connectivity index (χ4n) is 1.25. The molecular formula is C7H9NO2S. The molecule has 0 fully saturated rings. The molecular weight excluding hydrogens is 162 g/mol. The maximum absolute atomic E-state index is 11.3. The minimum Gasteiger partial charge on any atom is -0.609 e. The summed E-state index contributed by atoms with van der Waals surface area (Å²) in [6.45, 7) is 1.79. The topological polar surface area (TPSA) is 49.1 Å². The van der Waals surface area contributed by atoms with Gasteiger partial charge in [0.2, 0.25) is 0 Å². The normalized spacial score (nSPS) is 23.3. The van der Waals surface area contributed by atoms with Crippen molar-refractivity contribution >= 4 is 11.2 Å². The molecule has 1 aliphatic rings. The first kappa shape index (κ1) is 7.18. The van der Waals surface area contributed by atoms with Crippen molar-refractivity contribution in [3.8, 4) is 0 Å². The molecule has 0 aliphatic carbocycles. The van der Waals surface area contributed by atoms with Crippen LogP contribution in [0.4, 0.5) is 0 Å². The van der Waals surface area contributed by atoms with Crippen LogP contribution in [0.1, 0.15) is 18.0 Å². The molecule has 0 aromatic carbocycles. The molecule has 0 radical (unpaired) electrons. The smallest absolute Gasteiger partial charge is 0.334 e. The third kappa shape index (κ3) is 1.16. The van der Waals surface area contributed by atoms with Crippen LogP contribution in [0.3, 0.4) is 0 Å². The van der Waals surface area contributed by atoms with Gasteiger partial charge >= 0.3 is 5.09 Å². The van der Waals surface area contributed by atoms with Gasteiger partial charge in [-0.15, -0.1) is 0 Å². The van der Waals surface area contributed by atoms with Gasteiger partial charge in [-0.2, -0.15) is 0 Å². The van der Waals surface area contributed by atoms with Gasteiger partial charge < -0.3 is 8.97 Å². The number of oxazole rings is 1. The van der Waals surface area contributed by atoms with E-state index in [1.807, 2.05) is 0 Å². The third-order valence-electron chi connectivity index (χ3n) is 1.72. The van der Waals surface area contributed by atoms with E-state index < -0.39 is 11.2 Å². The second kappa shape index (κ2) is 2.53. The monoisotopic (exact) mass is 171 g/mol. The van der Waals surface area contributed by atoms with E-state index in [1.165, 1.54) is 0 Å². The summed E-state index contributed by atoms with van der Waals surface area (Å²) in [5.74, 6) is 1.35. The number of hydrogen-bond donors (Lipinski definition) is 0. The number of nitrogens with zero attached hydrogens (tertiary/aromatic N) is 1. The van der Waals surface area contributed by atoms with Crippen LogP contribution in [-0.4, -0.2) is 15.3 Å². The van der Waals surface area contributed by atoms with E-state index in [0.29, 0.717) is 11.0 Å². The molecule has 0 amide bonds. The lowest BCUT2D eigenvalue weighted by Crippen LogP contribution is -2.14. The zero-order valence-electron chi connectivity index (χ0n) is 6.29. The van der Waals surface area contributed by atoms with Crippen LogP contribution in [0.5, 0.6) is 0 Å². The minimum atomic E-state index is -0.923. The number of fused-ring (bicyclic) bond motifs is 1. The second-order valence-electron chi connectivity index (χ2n) is 2.62. The van der Waals surface area contributed by atoms with Crippen molar-refractivity contribution < 1.29 is 8.97 Å². The molecule has 4 heteroatoms. The Hall–Kier alpha value is -0.480. The fourth-order valence-corrected chi connectivity index (χ4v) is 2.47. The van der Waals surface area contributed by atoms with Crippen molar-refractivity contribution in [2.75, 3.05) is 5.75 Å². The van der Waals surface area contributed by atoms with Crippen LogP contribution in [0.15, 0.2) is 9.51 Å². The van der Waals surface area contributed by atoms with Gasteiger partial charge in [0, 0.05) is 24.5 Å². The molecule has 0 N–H and O–H groups in total. The Bertz CT molecular complexity index is 271. The Morgan fingerprint density at radius 2 is 2.45 bits per heavy atom. The third-order valence-corrected chi connectivity index (χ3v) is 3.11. The minimum absolute atomic E-state index is 0.605. The lowest BCUT2D eigenvalue weighted by molar-refractivity contribution is 0.415. The Morgan fingerprint density at radius 1 is 1.64 bits per heavy atom. The van der Waals surface area contributed by atoms with E-state index >= 15 is 0 Å². The molecule has 60 valence electrons. The van der Waals surface area contributed by atoms with Crippen LogP contribution in [0.25, 0.3) is 0 Å². The summed E-state index contributed by atoms with van der Waals surface area (Å²) in [4.78, 5) is 4.14. The van der Waals surface area contributed by atoms with Crippen LogP contribution in [0, 0.1) is 6.92 Å². The predicted octanol–water partition coefficient (Wildman–Crippen LogP) is 1.04. The van der Waals surface area contributed by atoms with Crippen molar-refractivity contribution in [3.05, 3.63) is 11.6 Å². The summed E-state index contributed by atoms with van der Waals surface area (Å²) in [6.07, 6.45) is 1.88. The summed E-state index contributed by atoms with van der Waals surface area (Å²) in [5, 5.41) is 0.605. The summed E-state index contributed by atoms with van der Waals surface area (Å²) < 4.78 is 16.5. The van der Waals surface area contributed by atoms with Gasteiger partial charge in [0.1, 0.15) is 11.4 Å². The summed E-state index contributed by atoms with van der Waals surface area (Å²) in [5.41, 5.74) is 0.895. The number of aromatic nitrogens is 1. The highest BCUT2D eigenvalue weighted by atomic mass is 32.2. The van der Waals surface area contributed by atoms with E-state index in [9.17, 15) is 4.55 Å². The van der Waals surface area contributed by atoms with E-state index in [0.717, 1.165) is 24.3 Å². The molecule has 0 spiro atoms. The lowest BCUT2D eigenvalue weighted by atomic mass is 10.3. The highest BCUT2D eigenvalue weighted by Gasteiger charge is 2.27. The van der Waals surface area contributed by atoms with Gasteiger partial charge in [-0.3, -0.25) is 0 Å². The largest absolute Gasteiger partial charge is 0.609 e. The molecule has 1 unspecified atom stereocenters.